The lowest BCUT2D eigenvalue weighted by Crippen LogP contribution is -2.22. The molecule has 0 spiro atoms. The monoisotopic (exact) mass is 274 g/mol. The van der Waals surface area contributed by atoms with Crippen LogP contribution in [0.15, 0.2) is 11.1 Å². The molecule has 102 valence electrons. The summed E-state index contributed by atoms with van der Waals surface area (Å²) in [4.78, 5) is 11.5. The molecular formula is C10H18N4O3S. The van der Waals surface area contributed by atoms with Gasteiger partial charge in [-0.25, -0.2) is 13.6 Å². The summed E-state index contributed by atoms with van der Waals surface area (Å²) in [6.07, 6.45) is 1.51. The Morgan fingerprint density at radius 2 is 2.06 bits per heavy atom. The van der Waals surface area contributed by atoms with Gasteiger partial charge >= 0.3 is 0 Å². The second-order valence-corrected chi connectivity index (χ2v) is 6.88. The Balaban J connectivity index is 2.96. The molecule has 1 heterocycles. The average Bonchev–Trinajstić information content (AvgIpc) is 2.41. The van der Waals surface area contributed by atoms with Gasteiger partial charge in [0.2, 0.25) is 15.9 Å². The third kappa shape index (κ3) is 4.11. The molecule has 1 rings (SSSR count). The van der Waals surface area contributed by atoms with Crippen LogP contribution in [0, 0.1) is 5.41 Å². The highest BCUT2D eigenvalue weighted by Gasteiger charge is 2.22. The van der Waals surface area contributed by atoms with Gasteiger partial charge in [0.1, 0.15) is 4.90 Å². The Morgan fingerprint density at radius 3 is 2.50 bits per heavy atom. The van der Waals surface area contributed by atoms with Crippen LogP contribution in [-0.2, 0) is 21.9 Å². The van der Waals surface area contributed by atoms with Gasteiger partial charge < -0.3 is 5.32 Å². The summed E-state index contributed by atoms with van der Waals surface area (Å²) >= 11 is 0. The van der Waals surface area contributed by atoms with Crippen LogP contribution in [0.1, 0.15) is 27.2 Å². The van der Waals surface area contributed by atoms with Crippen LogP contribution in [0.5, 0.6) is 0 Å². The molecule has 1 amide bonds. The van der Waals surface area contributed by atoms with Crippen molar-refractivity contribution >= 4 is 21.7 Å². The van der Waals surface area contributed by atoms with E-state index in [4.69, 9.17) is 5.14 Å². The van der Waals surface area contributed by atoms with Crippen LogP contribution >= 0.6 is 0 Å². The number of nitrogens with two attached hydrogens (primary N) is 1. The van der Waals surface area contributed by atoms with E-state index in [1.54, 1.807) is 7.05 Å². The van der Waals surface area contributed by atoms with E-state index in [-0.39, 0.29) is 28.5 Å². The number of carbonyl (C=O) groups excluding carboxylic acids is 1. The first-order valence-corrected chi connectivity index (χ1v) is 6.90. The maximum Gasteiger partial charge on any atom is 0.243 e. The molecule has 18 heavy (non-hydrogen) atoms. The van der Waals surface area contributed by atoms with Gasteiger partial charge in [-0.1, -0.05) is 20.8 Å². The van der Waals surface area contributed by atoms with Crippen molar-refractivity contribution in [2.24, 2.45) is 17.6 Å². The van der Waals surface area contributed by atoms with Gasteiger partial charge in [0.05, 0.1) is 0 Å². The largest absolute Gasteiger partial charge is 0.308 e. The number of sulfonamides is 1. The fourth-order valence-electron chi connectivity index (χ4n) is 1.42. The summed E-state index contributed by atoms with van der Waals surface area (Å²) in [7, 11) is -2.35. The van der Waals surface area contributed by atoms with Gasteiger partial charge in [0.25, 0.3) is 0 Å². The van der Waals surface area contributed by atoms with Gasteiger partial charge in [-0.05, 0) is 5.41 Å². The van der Waals surface area contributed by atoms with Crippen molar-refractivity contribution in [3.8, 4) is 0 Å². The third-order valence-electron chi connectivity index (χ3n) is 2.05. The zero-order valence-corrected chi connectivity index (χ0v) is 11.7. The van der Waals surface area contributed by atoms with E-state index >= 15 is 0 Å². The summed E-state index contributed by atoms with van der Waals surface area (Å²) in [5, 5.41) is 11.4. The third-order valence-corrected chi connectivity index (χ3v) is 2.96. The Morgan fingerprint density at radius 1 is 1.50 bits per heavy atom. The molecule has 8 heteroatoms. The van der Waals surface area contributed by atoms with Crippen LogP contribution in [-0.4, -0.2) is 24.1 Å². The van der Waals surface area contributed by atoms with E-state index in [0.717, 1.165) is 0 Å². The van der Waals surface area contributed by atoms with Crippen molar-refractivity contribution in [1.82, 2.24) is 9.78 Å². The minimum absolute atomic E-state index is 0.0331. The van der Waals surface area contributed by atoms with Crippen molar-refractivity contribution in [1.29, 1.82) is 0 Å². The summed E-state index contributed by atoms with van der Waals surface area (Å²) in [6, 6.07) is 0. The van der Waals surface area contributed by atoms with Crippen molar-refractivity contribution in [2.45, 2.75) is 32.1 Å². The van der Waals surface area contributed by atoms with Gasteiger partial charge in [0.15, 0.2) is 5.82 Å². The second-order valence-electron chi connectivity index (χ2n) is 5.35. The van der Waals surface area contributed by atoms with Gasteiger partial charge in [-0.2, -0.15) is 5.10 Å². The first-order chi connectivity index (χ1) is 7.99. The molecule has 0 aliphatic heterocycles. The number of hydrogen-bond acceptors (Lipinski definition) is 4. The first kappa shape index (κ1) is 14.7. The molecule has 0 aliphatic rings. The lowest BCUT2D eigenvalue weighted by molar-refractivity contribution is -0.117. The Bertz CT molecular complexity index is 554. The topological polar surface area (TPSA) is 107 Å². The molecule has 0 saturated carbocycles. The second kappa shape index (κ2) is 4.69. The van der Waals surface area contributed by atoms with Gasteiger partial charge in [-0.15, -0.1) is 0 Å². The number of rotatable bonds is 3. The van der Waals surface area contributed by atoms with E-state index in [1.807, 2.05) is 20.8 Å². The number of aryl methyl sites for hydroxylation is 1. The van der Waals surface area contributed by atoms with E-state index in [9.17, 15) is 13.2 Å². The molecule has 0 saturated heterocycles. The average molecular weight is 274 g/mol. The van der Waals surface area contributed by atoms with Crippen LogP contribution in [0.25, 0.3) is 0 Å². The molecule has 1 aromatic rings. The zero-order chi connectivity index (χ0) is 14.1. The number of primary sulfonamides is 1. The molecule has 3 N–H and O–H groups in total. The standard InChI is InChI=1S/C10H18N4O3S/c1-10(2,3)5-8(15)12-9-7(18(11,16)17)6-14(4)13-9/h6H,5H2,1-4H3,(H2,11,16,17)(H,12,13,15). The summed E-state index contributed by atoms with van der Waals surface area (Å²) in [5.74, 6) is -0.333. The molecule has 0 atom stereocenters. The fraction of sp³-hybridized carbons (Fsp3) is 0.600. The molecule has 0 bridgehead atoms. The molecular weight excluding hydrogens is 256 g/mol. The lowest BCUT2D eigenvalue weighted by Gasteiger charge is -2.16. The van der Waals surface area contributed by atoms with E-state index in [2.05, 4.69) is 10.4 Å². The van der Waals surface area contributed by atoms with Gasteiger partial charge in [-0.3, -0.25) is 9.48 Å². The number of amides is 1. The Labute approximate surface area is 106 Å². The zero-order valence-electron chi connectivity index (χ0n) is 10.9. The number of aromatic nitrogens is 2. The number of hydrogen-bond donors (Lipinski definition) is 2. The highest BCUT2D eigenvalue weighted by molar-refractivity contribution is 7.89. The minimum atomic E-state index is -3.90. The van der Waals surface area contributed by atoms with Crippen molar-refractivity contribution < 1.29 is 13.2 Å². The summed E-state index contributed by atoms with van der Waals surface area (Å²) < 4.78 is 23.9. The predicted molar refractivity (Wildman–Crippen MR) is 67.3 cm³/mol. The van der Waals surface area contributed by atoms with Crippen LogP contribution in [0.4, 0.5) is 5.82 Å². The van der Waals surface area contributed by atoms with Gasteiger partial charge in [0, 0.05) is 19.7 Å². The maximum absolute atomic E-state index is 11.7. The molecule has 7 nitrogen and oxygen atoms in total. The molecule has 0 fully saturated rings. The summed E-state index contributed by atoms with van der Waals surface area (Å²) in [6.45, 7) is 5.72. The van der Waals surface area contributed by atoms with Crippen molar-refractivity contribution in [3.05, 3.63) is 6.20 Å². The van der Waals surface area contributed by atoms with Crippen LogP contribution in [0.2, 0.25) is 0 Å². The predicted octanol–water partition coefficient (Wildman–Crippen LogP) is 0.442. The van der Waals surface area contributed by atoms with E-state index < -0.39 is 10.0 Å². The van der Waals surface area contributed by atoms with Crippen molar-refractivity contribution in [2.75, 3.05) is 5.32 Å². The quantitative estimate of drug-likeness (QED) is 0.834. The molecule has 0 aromatic carbocycles. The lowest BCUT2D eigenvalue weighted by atomic mass is 9.92. The maximum atomic E-state index is 11.7. The normalized spacial score (nSPS) is 12.5. The number of carbonyl (C=O) groups is 1. The van der Waals surface area contributed by atoms with Crippen LogP contribution in [0.3, 0.4) is 0 Å². The number of anilines is 1. The minimum Gasteiger partial charge on any atom is -0.308 e. The summed E-state index contributed by atoms with van der Waals surface area (Å²) in [5.41, 5.74) is -0.194. The SMILES string of the molecule is Cn1cc(S(N)(=O)=O)c(NC(=O)CC(C)(C)C)n1. The molecule has 0 radical (unpaired) electrons. The first-order valence-electron chi connectivity index (χ1n) is 5.35. The van der Waals surface area contributed by atoms with E-state index in [0.29, 0.717) is 0 Å². The molecule has 1 aromatic heterocycles. The highest BCUT2D eigenvalue weighted by atomic mass is 32.2. The Kier molecular flexibility index (Phi) is 3.82. The van der Waals surface area contributed by atoms with Crippen molar-refractivity contribution in [3.63, 3.8) is 0 Å². The fourth-order valence-corrected chi connectivity index (χ4v) is 2.08. The molecule has 0 unspecified atom stereocenters. The highest BCUT2D eigenvalue weighted by Crippen LogP contribution is 2.21. The molecule has 0 aliphatic carbocycles. The number of nitrogens with zero attached hydrogens (tertiary/aromatic N) is 2. The van der Waals surface area contributed by atoms with Crippen LogP contribution < -0.4 is 10.5 Å². The Hall–Kier alpha value is -1.41. The smallest absolute Gasteiger partial charge is 0.243 e. The number of nitrogens with one attached hydrogen (secondary N) is 1. The van der Waals surface area contributed by atoms with E-state index in [1.165, 1.54) is 10.9 Å².